The molecule has 2 unspecified atom stereocenters. The van der Waals surface area contributed by atoms with Gasteiger partial charge in [-0.2, -0.15) is 11.8 Å². The van der Waals surface area contributed by atoms with E-state index in [1.807, 2.05) is 16.7 Å². The minimum absolute atomic E-state index is 0.0349. The van der Waals surface area contributed by atoms with Gasteiger partial charge in [-0.3, -0.25) is 10.1 Å². The van der Waals surface area contributed by atoms with Crippen LogP contribution in [-0.2, 0) is 4.79 Å². The van der Waals surface area contributed by atoms with Crippen molar-refractivity contribution < 1.29 is 4.79 Å². The van der Waals surface area contributed by atoms with Crippen LogP contribution >= 0.6 is 23.1 Å². The lowest BCUT2D eigenvalue weighted by Crippen LogP contribution is -2.40. The number of amides is 1. The molecule has 1 N–H and O–H groups in total. The van der Waals surface area contributed by atoms with Gasteiger partial charge in [0.1, 0.15) is 6.17 Å². The Hall–Kier alpha value is -0.520. The molecule has 0 bridgehead atoms. The summed E-state index contributed by atoms with van der Waals surface area (Å²) in [5.41, 5.74) is 0. The molecule has 0 spiro atoms. The van der Waals surface area contributed by atoms with E-state index in [1.54, 1.807) is 11.3 Å². The lowest BCUT2D eigenvalue weighted by molar-refractivity contribution is -0.130. The van der Waals surface area contributed by atoms with Crippen LogP contribution in [0.2, 0.25) is 0 Å². The van der Waals surface area contributed by atoms with E-state index in [2.05, 4.69) is 56.8 Å². The van der Waals surface area contributed by atoms with Crippen molar-refractivity contribution in [1.82, 2.24) is 10.2 Å². The maximum Gasteiger partial charge on any atom is 0.241 e. The first-order valence-electron chi connectivity index (χ1n) is 7.49. The monoisotopic (exact) mass is 326 g/mol. The van der Waals surface area contributed by atoms with Gasteiger partial charge in [-0.1, -0.05) is 19.9 Å². The molecule has 0 saturated carbocycles. The second-order valence-electron chi connectivity index (χ2n) is 6.70. The molecule has 2 rings (SSSR count). The van der Waals surface area contributed by atoms with Gasteiger partial charge in [-0.05, 0) is 43.9 Å². The number of rotatable bonds is 6. The van der Waals surface area contributed by atoms with Crippen LogP contribution in [0.25, 0.3) is 0 Å². The van der Waals surface area contributed by atoms with Crippen LogP contribution in [0.1, 0.15) is 45.2 Å². The molecule has 21 heavy (non-hydrogen) atoms. The number of hydrogen-bond acceptors (Lipinski definition) is 4. The van der Waals surface area contributed by atoms with E-state index in [-0.39, 0.29) is 22.9 Å². The lowest BCUT2D eigenvalue weighted by atomic mass is 10.0. The molecular weight excluding hydrogens is 300 g/mol. The van der Waals surface area contributed by atoms with Gasteiger partial charge in [0.05, 0.1) is 6.04 Å². The maximum atomic E-state index is 12.8. The second-order valence-corrected chi connectivity index (χ2v) is 9.19. The number of thioether (sulfide) groups is 1. The molecule has 2 heterocycles. The summed E-state index contributed by atoms with van der Waals surface area (Å²) in [5.74, 6) is 0.771. The Balaban J connectivity index is 2.22. The standard InChI is InChI=1S/C16H26N2OS2/c1-11(2)9-12-15(19)18(10-16(3,4)20-5)14(17-12)13-7-6-8-21-13/h6-8,11-12,14,17H,9-10H2,1-5H3. The fraction of sp³-hybridized carbons (Fsp3) is 0.688. The van der Waals surface area contributed by atoms with Gasteiger partial charge in [-0.25, -0.2) is 0 Å². The van der Waals surface area contributed by atoms with E-state index in [9.17, 15) is 4.79 Å². The first kappa shape index (κ1) is 16.8. The summed E-state index contributed by atoms with van der Waals surface area (Å²) >= 11 is 3.53. The van der Waals surface area contributed by atoms with Crippen LogP contribution < -0.4 is 5.32 Å². The molecule has 1 saturated heterocycles. The molecule has 1 aromatic rings. The van der Waals surface area contributed by atoms with Gasteiger partial charge in [0.15, 0.2) is 0 Å². The lowest BCUT2D eigenvalue weighted by Gasteiger charge is -2.32. The fourth-order valence-electron chi connectivity index (χ4n) is 2.65. The highest BCUT2D eigenvalue weighted by atomic mass is 32.2. The molecule has 0 aliphatic carbocycles. The van der Waals surface area contributed by atoms with Crippen molar-refractivity contribution in [3.05, 3.63) is 22.4 Å². The fourth-order valence-corrected chi connectivity index (χ4v) is 3.71. The van der Waals surface area contributed by atoms with Crippen molar-refractivity contribution in [3.8, 4) is 0 Å². The van der Waals surface area contributed by atoms with Crippen LogP contribution in [0.5, 0.6) is 0 Å². The molecule has 3 nitrogen and oxygen atoms in total. The van der Waals surface area contributed by atoms with Gasteiger partial charge in [-0.15, -0.1) is 11.3 Å². The first-order chi connectivity index (χ1) is 9.84. The zero-order chi connectivity index (χ0) is 15.6. The summed E-state index contributed by atoms with van der Waals surface area (Å²) in [4.78, 5) is 16.1. The average Bonchev–Trinajstić information content (AvgIpc) is 3.01. The molecule has 1 aliphatic rings. The third kappa shape index (κ3) is 4.02. The molecule has 1 aromatic heterocycles. The average molecular weight is 327 g/mol. The quantitative estimate of drug-likeness (QED) is 0.864. The van der Waals surface area contributed by atoms with E-state index in [0.717, 1.165) is 13.0 Å². The minimum atomic E-state index is -0.0465. The third-order valence-electron chi connectivity index (χ3n) is 3.88. The van der Waals surface area contributed by atoms with Gasteiger partial charge in [0.2, 0.25) is 5.91 Å². The van der Waals surface area contributed by atoms with Crippen molar-refractivity contribution in [2.75, 3.05) is 12.8 Å². The first-order valence-corrected chi connectivity index (χ1v) is 9.59. The van der Waals surface area contributed by atoms with E-state index in [0.29, 0.717) is 5.92 Å². The topological polar surface area (TPSA) is 32.3 Å². The summed E-state index contributed by atoms with van der Waals surface area (Å²) < 4.78 is 0.0690. The van der Waals surface area contributed by atoms with Crippen LogP contribution in [0.4, 0.5) is 0 Å². The van der Waals surface area contributed by atoms with Crippen molar-refractivity contribution in [2.45, 2.75) is 51.1 Å². The van der Waals surface area contributed by atoms with Gasteiger partial charge >= 0.3 is 0 Å². The van der Waals surface area contributed by atoms with E-state index in [1.165, 1.54) is 4.88 Å². The number of carbonyl (C=O) groups is 1. The predicted octanol–water partition coefficient (Wildman–Crippen LogP) is 3.73. The number of hydrogen-bond donors (Lipinski definition) is 1. The van der Waals surface area contributed by atoms with Crippen molar-refractivity contribution >= 4 is 29.0 Å². The SMILES string of the molecule is CSC(C)(C)CN1C(=O)C(CC(C)C)NC1c1cccs1. The zero-order valence-corrected chi connectivity index (χ0v) is 15.2. The van der Waals surface area contributed by atoms with E-state index in [4.69, 9.17) is 0 Å². The van der Waals surface area contributed by atoms with Crippen molar-refractivity contribution in [1.29, 1.82) is 0 Å². The Morgan fingerprint density at radius 3 is 2.71 bits per heavy atom. The molecule has 118 valence electrons. The highest BCUT2D eigenvalue weighted by molar-refractivity contribution is 7.99. The number of carbonyl (C=O) groups excluding carboxylic acids is 1. The second kappa shape index (κ2) is 6.71. The van der Waals surface area contributed by atoms with Gasteiger partial charge in [0.25, 0.3) is 0 Å². The van der Waals surface area contributed by atoms with Crippen molar-refractivity contribution in [3.63, 3.8) is 0 Å². The number of nitrogens with one attached hydrogen (secondary N) is 1. The Labute approximate surface area is 136 Å². The van der Waals surface area contributed by atoms with E-state index < -0.39 is 0 Å². The molecule has 5 heteroatoms. The van der Waals surface area contributed by atoms with Crippen LogP contribution in [-0.4, -0.2) is 34.4 Å². The highest BCUT2D eigenvalue weighted by Gasteiger charge is 2.42. The largest absolute Gasteiger partial charge is 0.319 e. The maximum absolute atomic E-state index is 12.8. The Morgan fingerprint density at radius 2 is 2.19 bits per heavy atom. The van der Waals surface area contributed by atoms with Crippen molar-refractivity contribution in [2.24, 2.45) is 5.92 Å². The van der Waals surface area contributed by atoms with Gasteiger partial charge < -0.3 is 4.90 Å². The minimum Gasteiger partial charge on any atom is -0.319 e. The zero-order valence-electron chi connectivity index (χ0n) is 13.6. The number of thiophene rings is 1. The van der Waals surface area contributed by atoms with Crippen LogP contribution in [0.15, 0.2) is 17.5 Å². The van der Waals surface area contributed by atoms with E-state index >= 15 is 0 Å². The third-order valence-corrected chi connectivity index (χ3v) is 6.03. The highest BCUT2D eigenvalue weighted by Crippen LogP contribution is 2.34. The predicted molar refractivity (Wildman–Crippen MR) is 92.7 cm³/mol. The Bertz CT molecular complexity index is 471. The molecule has 0 aromatic carbocycles. The Morgan fingerprint density at radius 1 is 1.48 bits per heavy atom. The molecular formula is C16H26N2OS2. The molecule has 1 amide bonds. The van der Waals surface area contributed by atoms with Crippen LogP contribution in [0.3, 0.4) is 0 Å². The summed E-state index contributed by atoms with van der Waals surface area (Å²) in [6.07, 6.45) is 3.05. The molecule has 0 radical (unpaired) electrons. The summed E-state index contributed by atoms with van der Waals surface area (Å²) in [7, 11) is 0. The smallest absolute Gasteiger partial charge is 0.241 e. The number of nitrogens with zero attached hydrogens (tertiary/aromatic N) is 1. The summed E-state index contributed by atoms with van der Waals surface area (Å²) in [6.45, 7) is 9.52. The normalized spacial score (nSPS) is 23.3. The molecule has 2 atom stereocenters. The van der Waals surface area contributed by atoms with Crippen LogP contribution in [0, 0.1) is 5.92 Å². The van der Waals surface area contributed by atoms with Gasteiger partial charge in [0, 0.05) is 16.2 Å². The Kier molecular flexibility index (Phi) is 5.38. The molecule has 1 fully saturated rings. The molecule has 1 aliphatic heterocycles. The summed E-state index contributed by atoms with van der Waals surface area (Å²) in [5, 5.41) is 5.63. The summed E-state index contributed by atoms with van der Waals surface area (Å²) in [6, 6.07) is 4.13.